The number of hydrogen-bond donors (Lipinski definition) is 7. The summed E-state index contributed by atoms with van der Waals surface area (Å²) in [6.45, 7) is 2.60. The third kappa shape index (κ3) is 10.6. The molecule has 3 atom stereocenters. The molecule has 29 heavy (non-hydrogen) atoms. The van der Waals surface area contributed by atoms with Crippen molar-refractivity contribution in [3.8, 4) is 0 Å². The van der Waals surface area contributed by atoms with E-state index in [2.05, 4.69) is 16.0 Å². The molecule has 0 radical (unpaired) electrons. The number of carbonyl (C=O) groups excluding carboxylic acids is 5. The van der Waals surface area contributed by atoms with Gasteiger partial charge in [0.05, 0.1) is 12.5 Å². The van der Waals surface area contributed by atoms with Gasteiger partial charge in [-0.2, -0.15) is 0 Å². The Hall–Kier alpha value is -3.22. The molecule has 0 saturated carbocycles. The van der Waals surface area contributed by atoms with Crippen LogP contribution in [-0.2, 0) is 28.8 Å². The molecule has 13 heteroatoms. The van der Waals surface area contributed by atoms with Crippen molar-refractivity contribution in [2.24, 2.45) is 23.1 Å². The summed E-state index contributed by atoms with van der Waals surface area (Å²) in [5.74, 6) is -5.63. The van der Waals surface area contributed by atoms with Crippen molar-refractivity contribution in [3.63, 3.8) is 0 Å². The van der Waals surface area contributed by atoms with Crippen molar-refractivity contribution in [1.82, 2.24) is 16.0 Å². The van der Waals surface area contributed by atoms with E-state index in [0.29, 0.717) is 0 Å². The van der Waals surface area contributed by atoms with Crippen LogP contribution in [0.15, 0.2) is 0 Å². The van der Waals surface area contributed by atoms with E-state index in [4.69, 9.17) is 22.3 Å². The average molecular weight is 416 g/mol. The van der Waals surface area contributed by atoms with Crippen LogP contribution in [0.25, 0.3) is 0 Å². The molecule has 0 bridgehead atoms. The Kier molecular flexibility index (Phi) is 10.9. The lowest BCUT2D eigenvalue weighted by Gasteiger charge is -2.25. The van der Waals surface area contributed by atoms with Crippen molar-refractivity contribution >= 4 is 35.5 Å². The number of rotatable bonds is 13. The first kappa shape index (κ1) is 25.8. The molecule has 0 aliphatic carbocycles. The first-order valence-corrected chi connectivity index (χ1v) is 8.77. The van der Waals surface area contributed by atoms with Crippen molar-refractivity contribution in [2.75, 3.05) is 6.54 Å². The number of hydrogen-bond acceptors (Lipinski definition) is 7. The molecule has 0 aliphatic rings. The first-order valence-electron chi connectivity index (χ1n) is 8.77. The maximum absolute atomic E-state index is 12.6. The lowest BCUT2D eigenvalue weighted by atomic mass is 10.0. The van der Waals surface area contributed by atoms with Crippen LogP contribution in [0, 0.1) is 5.92 Å². The second-order valence-corrected chi connectivity index (χ2v) is 6.68. The van der Waals surface area contributed by atoms with Crippen molar-refractivity contribution in [2.45, 2.75) is 51.2 Å². The summed E-state index contributed by atoms with van der Waals surface area (Å²) in [7, 11) is 0. The predicted molar refractivity (Wildman–Crippen MR) is 99.6 cm³/mol. The van der Waals surface area contributed by atoms with E-state index in [1.54, 1.807) is 13.8 Å². The summed E-state index contributed by atoms with van der Waals surface area (Å²) in [6, 6.07) is -3.69. The molecular weight excluding hydrogens is 388 g/mol. The van der Waals surface area contributed by atoms with E-state index >= 15 is 0 Å². The molecule has 5 amide bonds. The van der Waals surface area contributed by atoms with E-state index in [0.717, 1.165) is 0 Å². The molecule has 10 N–H and O–H groups in total. The molecule has 3 unspecified atom stereocenters. The maximum atomic E-state index is 12.6. The summed E-state index contributed by atoms with van der Waals surface area (Å²) >= 11 is 0. The van der Waals surface area contributed by atoms with Gasteiger partial charge in [-0.3, -0.25) is 28.8 Å². The third-order valence-electron chi connectivity index (χ3n) is 3.73. The van der Waals surface area contributed by atoms with E-state index < -0.39 is 72.5 Å². The van der Waals surface area contributed by atoms with Gasteiger partial charge in [0.1, 0.15) is 18.6 Å². The smallest absolute Gasteiger partial charge is 0.322 e. The van der Waals surface area contributed by atoms with Gasteiger partial charge in [-0.15, -0.1) is 0 Å². The van der Waals surface area contributed by atoms with Crippen molar-refractivity contribution < 1.29 is 33.9 Å². The zero-order valence-electron chi connectivity index (χ0n) is 16.3. The van der Waals surface area contributed by atoms with Gasteiger partial charge in [-0.05, 0) is 12.3 Å². The molecule has 0 saturated heterocycles. The number of nitrogens with one attached hydrogen (secondary N) is 3. The number of amides is 5. The lowest BCUT2D eigenvalue weighted by molar-refractivity contribution is -0.139. The molecule has 0 rings (SSSR count). The Bertz CT molecular complexity index is 652. The van der Waals surface area contributed by atoms with Gasteiger partial charge in [0.25, 0.3) is 0 Å². The van der Waals surface area contributed by atoms with Gasteiger partial charge in [-0.25, -0.2) is 0 Å². The summed E-state index contributed by atoms with van der Waals surface area (Å²) < 4.78 is 0. The highest BCUT2D eigenvalue weighted by Gasteiger charge is 2.30. The van der Waals surface area contributed by atoms with E-state index in [1.165, 1.54) is 0 Å². The van der Waals surface area contributed by atoms with Crippen molar-refractivity contribution in [3.05, 3.63) is 0 Å². The summed E-state index contributed by atoms with van der Waals surface area (Å²) in [5, 5.41) is 15.5. The number of primary amides is 2. The van der Waals surface area contributed by atoms with Gasteiger partial charge in [-0.1, -0.05) is 13.8 Å². The van der Waals surface area contributed by atoms with Crippen LogP contribution in [-0.4, -0.2) is 65.3 Å². The Morgan fingerprint density at radius 1 is 0.897 bits per heavy atom. The number of carboxylic acid groups (broad SMARTS) is 1. The molecule has 0 heterocycles. The summed E-state index contributed by atoms with van der Waals surface area (Å²) in [4.78, 5) is 69.4. The highest BCUT2D eigenvalue weighted by molar-refractivity contribution is 5.95. The third-order valence-corrected chi connectivity index (χ3v) is 3.73. The average Bonchev–Trinajstić information content (AvgIpc) is 2.59. The standard InChI is InChI=1S/C16H28N6O7/c1-7(2)13(16(29)20-6-12(25)26)22-15(28)9(3-4-10(18)23)21-14(27)8(17)5-11(19)24/h7-9,13H,3-6,17H2,1-2H3,(H2,18,23)(H2,19,24)(H,20,29)(H,21,27)(H,22,28)(H,25,26). The minimum absolute atomic E-state index is 0.183. The molecule has 0 aromatic rings. The monoisotopic (exact) mass is 416 g/mol. The minimum Gasteiger partial charge on any atom is -0.480 e. The second kappa shape index (κ2) is 12.3. The molecule has 0 fully saturated rings. The fourth-order valence-corrected chi connectivity index (χ4v) is 2.21. The molecule has 0 aliphatic heterocycles. The normalized spacial score (nSPS) is 13.7. The number of aliphatic carboxylic acids is 1. The molecule has 164 valence electrons. The van der Waals surface area contributed by atoms with Crippen LogP contribution in [0.4, 0.5) is 0 Å². The van der Waals surface area contributed by atoms with Crippen LogP contribution in [0.3, 0.4) is 0 Å². The maximum Gasteiger partial charge on any atom is 0.322 e. The fraction of sp³-hybridized carbons (Fsp3) is 0.625. The van der Waals surface area contributed by atoms with Gasteiger partial charge < -0.3 is 38.3 Å². The zero-order chi connectivity index (χ0) is 22.7. The van der Waals surface area contributed by atoms with Gasteiger partial charge >= 0.3 is 5.97 Å². The highest BCUT2D eigenvalue weighted by Crippen LogP contribution is 2.05. The molecule has 0 aromatic heterocycles. The van der Waals surface area contributed by atoms with Crippen LogP contribution in [0.2, 0.25) is 0 Å². The quantitative estimate of drug-likeness (QED) is 0.157. The summed E-state index contributed by atoms with van der Waals surface area (Å²) in [6.07, 6.45) is -0.888. The lowest BCUT2D eigenvalue weighted by Crippen LogP contribution is -2.57. The minimum atomic E-state index is -1.31. The number of carboxylic acids is 1. The van der Waals surface area contributed by atoms with Crippen LogP contribution >= 0.6 is 0 Å². The Morgan fingerprint density at radius 3 is 1.93 bits per heavy atom. The van der Waals surface area contributed by atoms with Gasteiger partial charge in [0.15, 0.2) is 0 Å². The zero-order valence-corrected chi connectivity index (χ0v) is 16.3. The van der Waals surface area contributed by atoms with Crippen molar-refractivity contribution in [1.29, 1.82) is 0 Å². The number of nitrogens with two attached hydrogens (primary N) is 3. The molecule has 0 aromatic carbocycles. The predicted octanol–water partition coefficient (Wildman–Crippen LogP) is -3.72. The molecule has 0 spiro atoms. The van der Waals surface area contributed by atoms with Gasteiger partial charge in [0, 0.05) is 6.42 Å². The highest BCUT2D eigenvalue weighted by atomic mass is 16.4. The summed E-state index contributed by atoms with van der Waals surface area (Å²) in [5.41, 5.74) is 15.6. The van der Waals surface area contributed by atoms with Crippen LogP contribution < -0.4 is 33.2 Å². The Labute approximate surface area is 167 Å². The fourth-order valence-electron chi connectivity index (χ4n) is 2.21. The Balaban J connectivity index is 5.26. The molecular formula is C16H28N6O7. The van der Waals surface area contributed by atoms with Gasteiger partial charge in [0.2, 0.25) is 29.5 Å². The van der Waals surface area contributed by atoms with E-state index in [1.807, 2.05) is 0 Å². The topological polar surface area (TPSA) is 237 Å². The SMILES string of the molecule is CC(C)C(NC(=O)C(CCC(N)=O)NC(=O)C(N)CC(N)=O)C(=O)NCC(=O)O. The van der Waals surface area contributed by atoms with Crippen LogP contribution in [0.1, 0.15) is 33.1 Å². The largest absolute Gasteiger partial charge is 0.480 e. The first-order chi connectivity index (χ1) is 13.3. The van der Waals surface area contributed by atoms with E-state index in [-0.39, 0.29) is 12.8 Å². The second-order valence-electron chi connectivity index (χ2n) is 6.68. The van der Waals surface area contributed by atoms with E-state index in [9.17, 15) is 28.8 Å². The molecule has 13 nitrogen and oxygen atoms in total. The van der Waals surface area contributed by atoms with Crippen LogP contribution in [0.5, 0.6) is 0 Å². The Morgan fingerprint density at radius 2 is 1.48 bits per heavy atom. The number of carbonyl (C=O) groups is 6.